The Labute approximate surface area is 104 Å². The van der Waals surface area contributed by atoms with Gasteiger partial charge in [-0.25, -0.2) is 4.98 Å². The molecule has 2 heterocycles. The van der Waals surface area contributed by atoms with Crippen molar-refractivity contribution in [2.24, 2.45) is 5.73 Å². The lowest BCUT2D eigenvalue weighted by Crippen LogP contribution is -2.07. The van der Waals surface area contributed by atoms with Gasteiger partial charge in [0.25, 0.3) is 0 Å². The zero-order valence-corrected chi connectivity index (χ0v) is 9.71. The standard InChI is InChI=1S/C13H12N4O/c14-6-5-13-15-8-10(16-17-13)12-7-9-3-1-2-4-11(9)18-12/h1-4,7-8H,5-6,14H2. The number of hydrogen-bond donors (Lipinski definition) is 1. The smallest absolute Gasteiger partial charge is 0.157 e. The van der Waals surface area contributed by atoms with E-state index in [1.165, 1.54) is 0 Å². The third-order valence-electron chi connectivity index (χ3n) is 2.65. The fourth-order valence-electron chi connectivity index (χ4n) is 1.76. The van der Waals surface area contributed by atoms with Crippen LogP contribution in [-0.4, -0.2) is 21.7 Å². The van der Waals surface area contributed by atoms with Gasteiger partial charge in [-0.2, -0.15) is 0 Å². The number of fused-ring (bicyclic) bond motifs is 1. The summed E-state index contributed by atoms with van der Waals surface area (Å²) < 4.78 is 5.69. The third kappa shape index (κ3) is 1.96. The fraction of sp³-hybridized carbons (Fsp3) is 0.154. The van der Waals surface area contributed by atoms with Crippen molar-refractivity contribution in [2.45, 2.75) is 6.42 Å². The summed E-state index contributed by atoms with van der Waals surface area (Å²) in [6.45, 7) is 0.520. The van der Waals surface area contributed by atoms with Crippen molar-refractivity contribution >= 4 is 11.0 Å². The van der Waals surface area contributed by atoms with Crippen molar-refractivity contribution < 1.29 is 4.42 Å². The van der Waals surface area contributed by atoms with E-state index in [4.69, 9.17) is 10.2 Å². The zero-order valence-electron chi connectivity index (χ0n) is 9.71. The molecule has 0 atom stereocenters. The van der Waals surface area contributed by atoms with Crippen molar-refractivity contribution in [3.8, 4) is 11.5 Å². The summed E-state index contributed by atoms with van der Waals surface area (Å²) in [5.41, 5.74) is 6.90. The average molecular weight is 240 g/mol. The topological polar surface area (TPSA) is 77.8 Å². The van der Waals surface area contributed by atoms with Gasteiger partial charge in [0.15, 0.2) is 11.6 Å². The maximum atomic E-state index is 5.69. The first-order valence-corrected chi connectivity index (χ1v) is 5.74. The Morgan fingerprint density at radius 2 is 2.06 bits per heavy atom. The van der Waals surface area contributed by atoms with Crippen LogP contribution in [0.2, 0.25) is 0 Å². The molecule has 2 N–H and O–H groups in total. The molecular weight excluding hydrogens is 228 g/mol. The van der Waals surface area contributed by atoms with Gasteiger partial charge in [0.05, 0.1) is 6.20 Å². The Kier molecular flexibility index (Phi) is 2.74. The van der Waals surface area contributed by atoms with Crippen LogP contribution in [0.5, 0.6) is 0 Å². The highest BCUT2D eigenvalue weighted by Gasteiger charge is 2.08. The van der Waals surface area contributed by atoms with Gasteiger partial charge >= 0.3 is 0 Å². The molecule has 2 aromatic heterocycles. The van der Waals surface area contributed by atoms with E-state index < -0.39 is 0 Å². The van der Waals surface area contributed by atoms with E-state index in [9.17, 15) is 0 Å². The Hall–Kier alpha value is -2.27. The molecule has 18 heavy (non-hydrogen) atoms. The summed E-state index contributed by atoms with van der Waals surface area (Å²) in [7, 11) is 0. The highest BCUT2D eigenvalue weighted by atomic mass is 16.3. The maximum Gasteiger partial charge on any atom is 0.157 e. The summed E-state index contributed by atoms with van der Waals surface area (Å²) in [6, 6.07) is 9.75. The van der Waals surface area contributed by atoms with Crippen LogP contribution in [0.1, 0.15) is 5.82 Å². The number of nitrogens with zero attached hydrogens (tertiary/aromatic N) is 3. The van der Waals surface area contributed by atoms with Crippen LogP contribution in [0.4, 0.5) is 0 Å². The molecule has 0 bridgehead atoms. The molecule has 3 aromatic rings. The number of aromatic nitrogens is 3. The molecule has 5 nitrogen and oxygen atoms in total. The quantitative estimate of drug-likeness (QED) is 0.755. The molecule has 0 spiro atoms. The highest BCUT2D eigenvalue weighted by molar-refractivity contribution is 5.81. The number of benzene rings is 1. The fourth-order valence-corrected chi connectivity index (χ4v) is 1.76. The minimum atomic E-state index is 0.520. The van der Waals surface area contributed by atoms with E-state index in [-0.39, 0.29) is 0 Å². The summed E-state index contributed by atoms with van der Waals surface area (Å²) >= 11 is 0. The second-order valence-corrected chi connectivity index (χ2v) is 3.95. The number of hydrogen-bond acceptors (Lipinski definition) is 5. The van der Waals surface area contributed by atoms with Gasteiger partial charge < -0.3 is 10.2 Å². The van der Waals surface area contributed by atoms with Crippen molar-refractivity contribution in [1.29, 1.82) is 0 Å². The monoisotopic (exact) mass is 240 g/mol. The van der Waals surface area contributed by atoms with Crippen LogP contribution in [0, 0.1) is 0 Å². The van der Waals surface area contributed by atoms with E-state index in [0.29, 0.717) is 30.2 Å². The molecule has 0 fully saturated rings. The Morgan fingerprint density at radius 3 is 2.78 bits per heavy atom. The Morgan fingerprint density at radius 1 is 1.17 bits per heavy atom. The molecule has 3 rings (SSSR count). The summed E-state index contributed by atoms with van der Waals surface area (Å²) in [5, 5.41) is 9.16. The molecule has 0 amide bonds. The van der Waals surface area contributed by atoms with Crippen molar-refractivity contribution in [3.05, 3.63) is 42.4 Å². The molecule has 0 aliphatic heterocycles. The van der Waals surface area contributed by atoms with Gasteiger partial charge in [-0.05, 0) is 18.7 Å². The largest absolute Gasteiger partial charge is 0.454 e. The second-order valence-electron chi connectivity index (χ2n) is 3.95. The van der Waals surface area contributed by atoms with Gasteiger partial charge in [0, 0.05) is 11.8 Å². The van der Waals surface area contributed by atoms with Gasteiger partial charge in [-0.1, -0.05) is 18.2 Å². The normalized spacial score (nSPS) is 10.9. The predicted molar refractivity (Wildman–Crippen MR) is 67.8 cm³/mol. The Bertz CT molecular complexity index is 627. The number of para-hydroxylation sites is 1. The minimum Gasteiger partial charge on any atom is -0.454 e. The first-order valence-electron chi connectivity index (χ1n) is 5.74. The van der Waals surface area contributed by atoms with Crippen LogP contribution < -0.4 is 5.73 Å². The summed E-state index contributed by atoms with van der Waals surface area (Å²) in [4.78, 5) is 4.20. The maximum absolute atomic E-state index is 5.69. The van der Waals surface area contributed by atoms with E-state index in [1.807, 2.05) is 30.3 Å². The third-order valence-corrected chi connectivity index (χ3v) is 2.65. The highest BCUT2D eigenvalue weighted by Crippen LogP contribution is 2.25. The predicted octanol–water partition coefficient (Wildman–Crippen LogP) is 1.79. The van der Waals surface area contributed by atoms with E-state index in [2.05, 4.69) is 15.2 Å². The summed E-state index contributed by atoms with van der Waals surface area (Å²) in [5.74, 6) is 1.33. The van der Waals surface area contributed by atoms with Gasteiger partial charge in [-0.15, -0.1) is 10.2 Å². The minimum absolute atomic E-state index is 0.520. The molecule has 1 aromatic carbocycles. The zero-order chi connectivity index (χ0) is 12.4. The van der Waals surface area contributed by atoms with Crippen LogP contribution in [0.3, 0.4) is 0 Å². The first-order chi connectivity index (χ1) is 8.86. The van der Waals surface area contributed by atoms with E-state index in [1.54, 1.807) is 6.20 Å². The van der Waals surface area contributed by atoms with Crippen molar-refractivity contribution in [2.75, 3.05) is 6.54 Å². The number of nitrogens with two attached hydrogens (primary N) is 1. The van der Waals surface area contributed by atoms with Crippen LogP contribution in [-0.2, 0) is 6.42 Å². The second kappa shape index (κ2) is 4.54. The molecular formula is C13H12N4O. The molecule has 0 saturated carbocycles. The molecule has 0 aliphatic carbocycles. The number of rotatable bonds is 3. The lowest BCUT2D eigenvalue weighted by atomic mass is 10.2. The van der Waals surface area contributed by atoms with Gasteiger partial charge in [-0.3, -0.25) is 0 Å². The SMILES string of the molecule is NCCc1ncc(-c2cc3ccccc3o2)nn1. The molecule has 5 heteroatoms. The first kappa shape index (κ1) is 10.9. The van der Waals surface area contributed by atoms with Crippen molar-refractivity contribution in [3.63, 3.8) is 0 Å². The van der Waals surface area contributed by atoms with Gasteiger partial charge in [0.2, 0.25) is 0 Å². The lowest BCUT2D eigenvalue weighted by Gasteiger charge is -1.97. The van der Waals surface area contributed by atoms with E-state index >= 15 is 0 Å². The number of furan rings is 1. The molecule has 90 valence electrons. The van der Waals surface area contributed by atoms with E-state index in [0.717, 1.165) is 11.0 Å². The molecule has 0 aliphatic rings. The van der Waals surface area contributed by atoms with Crippen molar-refractivity contribution in [1.82, 2.24) is 15.2 Å². The lowest BCUT2D eigenvalue weighted by molar-refractivity contribution is 0.625. The Balaban J connectivity index is 1.98. The van der Waals surface area contributed by atoms with Crippen LogP contribution in [0.15, 0.2) is 40.9 Å². The molecule has 0 radical (unpaired) electrons. The average Bonchev–Trinajstić information content (AvgIpc) is 2.84. The van der Waals surface area contributed by atoms with Crippen LogP contribution >= 0.6 is 0 Å². The summed E-state index contributed by atoms with van der Waals surface area (Å²) in [6.07, 6.45) is 2.29. The molecule has 0 saturated heterocycles. The van der Waals surface area contributed by atoms with Crippen LogP contribution in [0.25, 0.3) is 22.4 Å². The molecule has 0 unspecified atom stereocenters. The van der Waals surface area contributed by atoms with Gasteiger partial charge in [0.1, 0.15) is 11.3 Å².